The molecule has 0 radical (unpaired) electrons. The van der Waals surface area contributed by atoms with E-state index in [0.717, 1.165) is 0 Å². The van der Waals surface area contributed by atoms with Gasteiger partial charge in [0.25, 0.3) is 5.91 Å². The SMILES string of the molecule is CC(=O)N1[C@@H](c2ccco2)SC[C@H]1C(=O)O[C@H](C)C(=O)Nc1cccc(C#N)c1. The van der Waals surface area contributed by atoms with Crippen molar-refractivity contribution in [2.24, 2.45) is 0 Å². The monoisotopic (exact) mass is 413 g/mol. The van der Waals surface area contributed by atoms with E-state index >= 15 is 0 Å². The van der Waals surface area contributed by atoms with Crippen molar-refractivity contribution in [2.75, 3.05) is 11.1 Å². The lowest BCUT2D eigenvalue weighted by Gasteiger charge is -2.26. The highest BCUT2D eigenvalue weighted by Gasteiger charge is 2.43. The van der Waals surface area contributed by atoms with Gasteiger partial charge in [0.15, 0.2) is 6.10 Å². The molecule has 1 aliphatic rings. The normalized spacial score (nSPS) is 19.3. The van der Waals surface area contributed by atoms with Crippen molar-refractivity contribution in [3.63, 3.8) is 0 Å². The van der Waals surface area contributed by atoms with Gasteiger partial charge in [-0.2, -0.15) is 5.26 Å². The molecule has 2 heterocycles. The maximum atomic E-state index is 12.7. The number of nitriles is 1. The van der Waals surface area contributed by atoms with E-state index in [1.807, 2.05) is 6.07 Å². The Bertz CT molecular complexity index is 953. The summed E-state index contributed by atoms with van der Waals surface area (Å²) in [6.07, 6.45) is 0.433. The predicted octanol–water partition coefficient (Wildman–Crippen LogP) is 2.68. The fourth-order valence-corrected chi connectivity index (χ4v) is 4.36. The molecule has 2 aromatic rings. The average Bonchev–Trinajstić information content (AvgIpc) is 3.37. The van der Waals surface area contributed by atoms with E-state index in [4.69, 9.17) is 14.4 Å². The van der Waals surface area contributed by atoms with Gasteiger partial charge in [-0.25, -0.2) is 4.79 Å². The average molecular weight is 413 g/mol. The van der Waals surface area contributed by atoms with E-state index < -0.39 is 29.4 Å². The van der Waals surface area contributed by atoms with Crippen molar-refractivity contribution in [2.45, 2.75) is 31.4 Å². The molecule has 0 spiro atoms. The summed E-state index contributed by atoms with van der Waals surface area (Å²) >= 11 is 1.39. The van der Waals surface area contributed by atoms with Crippen molar-refractivity contribution in [1.29, 1.82) is 5.26 Å². The number of nitrogens with one attached hydrogen (secondary N) is 1. The molecule has 150 valence electrons. The molecular formula is C20H19N3O5S. The van der Waals surface area contributed by atoms with Crippen LogP contribution in [-0.4, -0.2) is 40.6 Å². The quantitative estimate of drug-likeness (QED) is 0.750. The highest BCUT2D eigenvalue weighted by molar-refractivity contribution is 7.99. The van der Waals surface area contributed by atoms with Crippen LogP contribution in [-0.2, 0) is 19.1 Å². The Morgan fingerprint density at radius 2 is 2.14 bits per heavy atom. The van der Waals surface area contributed by atoms with Gasteiger partial charge in [0.1, 0.15) is 17.2 Å². The summed E-state index contributed by atoms with van der Waals surface area (Å²) in [6, 6.07) is 11.0. The number of ether oxygens (including phenoxy) is 1. The van der Waals surface area contributed by atoms with E-state index in [1.54, 1.807) is 30.3 Å². The molecule has 2 amide bonds. The van der Waals surface area contributed by atoms with Crippen LogP contribution < -0.4 is 5.32 Å². The van der Waals surface area contributed by atoms with Gasteiger partial charge in [-0.05, 0) is 37.3 Å². The maximum Gasteiger partial charge on any atom is 0.330 e. The number of hydrogen-bond donors (Lipinski definition) is 1. The Morgan fingerprint density at radius 1 is 1.34 bits per heavy atom. The highest BCUT2D eigenvalue weighted by atomic mass is 32.2. The highest BCUT2D eigenvalue weighted by Crippen LogP contribution is 2.41. The first-order valence-corrected chi connectivity index (χ1v) is 9.91. The molecule has 1 aliphatic heterocycles. The third kappa shape index (κ3) is 4.60. The first-order valence-electron chi connectivity index (χ1n) is 8.86. The summed E-state index contributed by atoms with van der Waals surface area (Å²) in [5.74, 6) is -0.568. The summed E-state index contributed by atoms with van der Waals surface area (Å²) in [4.78, 5) is 38.6. The number of carbonyl (C=O) groups excluding carboxylic acids is 3. The Balaban J connectivity index is 1.64. The van der Waals surface area contributed by atoms with E-state index in [0.29, 0.717) is 22.8 Å². The molecule has 1 fully saturated rings. The van der Waals surface area contributed by atoms with E-state index in [-0.39, 0.29) is 5.91 Å². The fraction of sp³-hybridized carbons (Fsp3) is 0.300. The van der Waals surface area contributed by atoms with Crippen LogP contribution in [0.25, 0.3) is 0 Å². The van der Waals surface area contributed by atoms with Crippen LogP contribution in [0.3, 0.4) is 0 Å². The predicted molar refractivity (Wildman–Crippen MR) is 106 cm³/mol. The lowest BCUT2D eigenvalue weighted by Crippen LogP contribution is -2.44. The minimum absolute atomic E-state index is 0.288. The number of esters is 1. The van der Waals surface area contributed by atoms with Gasteiger partial charge in [0, 0.05) is 18.4 Å². The molecule has 1 aromatic heterocycles. The molecule has 8 nitrogen and oxygen atoms in total. The van der Waals surface area contributed by atoms with Crippen molar-refractivity contribution in [3.8, 4) is 6.07 Å². The van der Waals surface area contributed by atoms with Crippen molar-refractivity contribution < 1.29 is 23.5 Å². The van der Waals surface area contributed by atoms with Crippen molar-refractivity contribution in [1.82, 2.24) is 4.90 Å². The minimum atomic E-state index is -1.07. The van der Waals surface area contributed by atoms with Crippen molar-refractivity contribution >= 4 is 35.2 Å². The van der Waals surface area contributed by atoms with Crippen LogP contribution >= 0.6 is 11.8 Å². The molecule has 29 heavy (non-hydrogen) atoms. The molecule has 3 rings (SSSR count). The molecule has 0 unspecified atom stereocenters. The Hall–Kier alpha value is -3.25. The topological polar surface area (TPSA) is 113 Å². The molecule has 9 heteroatoms. The lowest BCUT2D eigenvalue weighted by molar-refractivity contribution is -0.160. The zero-order chi connectivity index (χ0) is 21.0. The van der Waals surface area contributed by atoms with E-state index in [1.165, 1.54) is 42.8 Å². The molecule has 3 atom stereocenters. The van der Waals surface area contributed by atoms with Gasteiger partial charge in [-0.15, -0.1) is 11.8 Å². The number of thioether (sulfide) groups is 1. The summed E-state index contributed by atoms with van der Waals surface area (Å²) in [7, 11) is 0. The first kappa shape index (κ1) is 20.5. The fourth-order valence-electron chi connectivity index (χ4n) is 2.94. The summed E-state index contributed by atoms with van der Waals surface area (Å²) in [6.45, 7) is 2.83. The number of amides is 2. The second kappa shape index (κ2) is 8.84. The molecule has 0 aliphatic carbocycles. The smallest absolute Gasteiger partial charge is 0.330 e. The van der Waals surface area contributed by atoms with E-state index in [9.17, 15) is 14.4 Å². The van der Waals surface area contributed by atoms with Crippen LogP contribution in [0.1, 0.15) is 30.5 Å². The number of rotatable bonds is 5. The molecular weight excluding hydrogens is 394 g/mol. The van der Waals surface area contributed by atoms with Crippen LogP contribution in [0.2, 0.25) is 0 Å². The second-order valence-corrected chi connectivity index (χ2v) is 7.52. The first-order chi connectivity index (χ1) is 13.9. The number of hydrogen-bond acceptors (Lipinski definition) is 7. The van der Waals surface area contributed by atoms with Crippen LogP contribution in [0.15, 0.2) is 47.1 Å². The maximum absolute atomic E-state index is 12.7. The zero-order valence-corrected chi connectivity index (χ0v) is 16.6. The third-order valence-electron chi connectivity index (χ3n) is 4.34. The number of furan rings is 1. The van der Waals surface area contributed by atoms with Gasteiger partial charge < -0.3 is 19.4 Å². The number of benzene rings is 1. The van der Waals surface area contributed by atoms with Gasteiger partial charge in [-0.3, -0.25) is 9.59 Å². The number of carbonyl (C=O) groups is 3. The lowest BCUT2D eigenvalue weighted by atomic mass is 10.2. The van der Waals surface area contributed by atoms with Gasteiger partial charge in [0.2, 0.25) is 5.91 Å². The minimum Gasteiger partial charge on any atom is -0.466 e. The zero-order valence-electron chi connectivity index (χ0n) is 15.8. The summed E-state index contributed by atoms with van der Waals surface area (Å²) < 4.78 is 10.7. The largest absolute Gasteiger partial charge is 0.466 e. The van der Waals surface area contributed by atoms with Gasteiger partial charge in [-0.1, -0.05) is 6.07 Å². The Labute approximate surface area is 171 Å². The number of anilines is 1. The third-order valence-corrected chi connectivity index (χ3v) is 5.63. The Kier molecular flexibility index (Phi) is 6.24. The van der Waals surface area contributed by atoms with Gasteiger partial charge >= 0.3 is 5.97 Å². The van der Waals surface area contributed by atoms with Gasteiger partial charge in [0.05, 0.1) is 17.9 Å². The molecule has 1 N–H and O–H groups in total. The molecule has 0 bridgehead atoms. The summed E-state index contributed by atoms with van der Waals surface area (Å²) in [5.41, 5.74) is 0.827. The van der Waals surface area contributed by atoms with Crippen LogP contribution in [0.5, 0.6) is 0 Å². The standard InChI is InChI=1S/C20H19N3O5S/c1-12(18(25)22-15-6-3-5-14(9-15)10-21)28-20(26)16-11-29-19(23(16)13(2)24)17-7-4-8-27-17/h3-9,12,16,19H,11H2,1-2H3,(H,22,25)/t12-,16+,19-/m1/s1. The van der Waals surface area contributed by atoms with E-state index in [2.05, 4.69) is 5.32 Å². The number of nitrogens with zero attached hydrogens (tertiary/aromatic N) is 2. The molecule has 0 saturated carbocycles. The molecule has 1 saturated heterocycles. The van der Waals surface area contributed by atoms with Crippen molar-refractivity contribution in [3.05, 3.63) is 54.0 Å². The van der Waals surface area contributed by atoms with Crippen LogP contribution in [0, 0.1) is 11.3 Å². The summed E-state index contributed by atoms with van der Waals surface area (Å²) in [5, 5.41) is 11.1. The van der Waals surface area contributed by atoms with Crippen LogP contribution in [0.4, 0.5) is 5.69 Å². The molecule has 1 aromatic carbocycles. The second-order valence-electron chi connectivity index (χ2n) is 6.40. The Morgan fingerprint density at radius 3 is 2.79 bits per heavy atom.